The van der Waals surface area contributed by atoms with Crippen LogP contribution in [-0.2, 0) is 4.79 Å². The van der Waals surface area contributed by atoms with Gasteiger partial charge >= 0.3 is 0 Å². The molecule has 0 aliphatic carbocycles. The number of carbonyl (C=O) groups excluding carboxylic acids is 1. The molecule has 0 bridgehead atoms. The number of nitrogens with zero attached hydrogens (tertiary/aromatic N) is 2. The standard InChI is InChI=1S/C20H26N4O/c1-14-6-11-19(15(2)12-14)22-16(3)20(25)23-21-13-17-7-9-18(10-8-17)24(4)5/h6-13,16,22H,1-5H3,(H,23,25)/t16-/m0/s1. The molecule has 0 saturated carbocycles. The second-order valence-corrected chi connectivity index (χ2v) is 6.40. The van der Waals surface area contributed by atoms with Crippen LogP contribution in [0, 0.1) is 13.8 Å². The molecule has 2 aromatic carbocycles. The molecule has 2 rings (SSSR count). The molecule has 0 heterocycles. The summed E-state index contributed by atoms with van der Waals surface area (Å²) in [6, 6.07) is 13.7. The smallest absolute Gasteiger partial charge is 0.262 e. The Bertz CT molecular complexity index is 751. The molecule has 1 atom stereocenters. The molecule has 2 N–H and O–H groups in total. The van der Waals surface area contributed by atoms with Crippen LogP contribution in [0.15, 0.2) is 47.6 Å². The molecule has 0 aromatic heterocycles. The van der Waals surface area contributed by atoms with Gasteiger partial charge < -0.3 is 10.2 Å². The van der Waals surface area contributed by atoms with Crippen LogP contribution in [0.2, 0.25) is 0 Å². The molecule has 132 valence electrons. The molecule has 0 spiro atoms. The van der Waals surface area contributed by atoms with Crippen molar-refractivity contribution in [3.63, 3.8) is 0 Å². The lowest BCUT2D eigenvalue weighted by Crippen LogP contribution is -2.35. The Hall–Kier alpha value is -2.82. The van der Waals surface area contributed by atoms with Crippen molar-refractivity contribution >= 4 is 23.5 Å². The van der Waals surface area contributed by atoms with Gasteiger partial charge in [-0.3, -0.25) is 4.79 Å². The summed E-state index contributed by atoms with van der Waals surface area (Å²) in [6.45, 7) is 5.89. The first-order chi connectivity index (χ1) is 11.9. The van der Waals surface area contributed by atoms with Crippen LogP contribution in [0.3, 0.4) is 0 Å². The van der Waals surface area contributed by atoms with Crippen LogP contribution < -0.4 is 15.6 Å². The number of hydrogen-bond donors (Lipinski definition) is 2. The fourth-order valence-electron chi connectivity index (χ4n) is 2.40. The number of nitrogens with one attached hydrogen (secondary N) is 2. The average molecular weight is 338 g/mol. The van der Waals surface area contributed by atoms with Crippen LogP contribution in [0.4, 0.5) is 11.4 Å². The van der Waals surface area contributed by atoms with E-state index in [1.807, 2.05) is 76.2 Å². The fourth-order valence-corrected chi connectivity index (χ4v) is 2.40. The summed E-state index contributed by atoms with van der Waals surface area (Å²) in [6.07, 6.45) is 1.64. The highest BCUT2D eigenvalue weighted by Crippen LogP contribution is 2.17. The van der Waals surface area contributed by atoms with Gasteiger partial charge in [-0.2, -0.15) is 5.10 Å². The Balaban J connectivity index is 1.90. The Morgan fingerprint density at radius 3 is 2.40 bits per heavy atom. The first-order valence-electron chi connectivity index (χ1n) is 8.31. The summed E-state index contributed by atoms with van der Waals surface area (Å²) >= 11 is 0. The maximum Gasteiger partial charge on any atom is 0.262 e. The van der Waals surface area contributed by atoms with E-state index in [0.29, 0.717) is 0 Å². The number of hydrazone groups is 1. The lowest BCUT2D eigenvalue weighted by atomic mass is 10.1. The summed E-state index contributed by atoms with van der Waals surface area (Å²) < 4.78 is 0. The van der Waals surface area contributed by atoms with Gasteiger partial charge in [0.15, 0.2) is 0 Å². The van der Waals surface area contributed by atoms with Gasteiger partial charge in [0, 0.05) is 25.5 Å². The predicted octanol–water partition coefficient (Wildman–Crippen LogP) is 3.32. The second-order valence-electron chi connectivity index (χ2n) is 6.40. The van der Waals surface area contributed by atoms with Crippen molar-refractivity contribution in [2.75, 3.05) is 24.3 Å². The zero-order chi connectivity index (χ0) is 18.4. The van der Waals surface area contributed by atoms with E-state index in [4.69, 9.17) is 0 Å². The van der Waals surface area contributed by atoms with Crippen molar-refractivity contribution in [3.05, 3.63) is 59.2 Å². The lowest BCUT2D eigenvalue weighted by molar-refractivity contribution is -0.121. The third kappa shape index (κ3) is 5.35. The zero-order valence-corrected chi connectivity index (χ0v) is 15.5. The number of benzene rings is 2. The Morgan fingerprint density at radius 1 is 1.12 bits per heavy atom. The quantitative estimate of drug-likeness (QED) is 0.627. The van der Waals surface area contributed by atoms with E-state index in [1.165, 1.54) is 5.56 Å². The van der Waals surface area contributed by atoms with Gasteiger partial charge in [0.05, 0.1) is 6.21 Å². The highest BCUT2D eigenvalue weighted by Gasteiger charge is 2.12. The molecule has 0 aliphatic rings. The first kappa shape index (κ1) is 18.5. The van der Waals surface area contributed by atoms with Gasteiger partial charge in [-0.25, -0.2) is 5.43 Å². The normalized spacial score (nSPS) is 12.0. The first-order valence-corrected chi connectivity index (χ1v) is 8.31. The number of carbonyl (C=O) groups is 1. The Labute approximate surface area is 149 Å². The maximum atomic E-state index is 12.2. The average Bonchev–Trinajstić information content (AvgIpc) is 2.57. The van der Waals surface area contributed by atoms with Crippen molar-refractivity contribution < 1.29 is 4.79 Å². The maximum absolute atomic E-state index is 12.2. The van der Waals surface area contributed by atoms with Gasteiger partial charge in [-0.15, -0.1) is 0 Å². The number of amides is 1. The van der Waals surface area contributed by atoms with Crippen LogP contribution >= 0.6 is 0 Å². The van der Waals surface area contributed by atoms with Gasteiger partial charge in [0.2, 0.25) is 0 Å². The minimum absolute atomic E-state index is 0.180. The fraction of sp³-hybridized carbons (Fsp3) is 0.300. The third-order valence-electron chi connectivity index (χ3n) is 3.95. The molecule has 0 unspecified atom stereocenters. The molecule has 25 heavy (non-hydrogen) atoms. The largest absolute Gasteiger partial charge is 0.378 e. The molecule has 0 radical (unpaired) electrons. The molecular formula is C20H26N4O. The minimum atomic E-state index is -0.380. The summed E-state index contributed by atoms with van der Waals surface area (Å²) in [5, 5.41) is 7.25. The van der Waals surface area contributed by atoms with Crippen molar-refractivity contribution in [2.45, 2.75) is 26.8 Å². The van der Waals surface area contributed by atoms with Crippen LogP contribution in [0.1, 0.15) is 23.6 Å². The second kappa shape index (κ2) is 8.33. The van der Waals surface area contributed by atoms with Crippen LogP contribution in [0.25, 0.3) is 0 Å². The van der Waals surface area contributed by atoms with Crippen molar-refractivity contribution in [2.24, 2.45) is 5.10 Å². The highest BCUT2D eigenvalue weighted by molar-refractivity contribution is 5.86. The van der Waals surface area contributed by atoms with E-state index in [-0.39, 0.29) is 11.9 Å². The summed E-state index contributed by atoms with van der Waals surface area (Å²) in [5.74, 6) is -0.180. The van der Waals surface area contributed by atoms with Gasteiger partial charge in [-0.1, -0.05) is 29.8 Å². The van der Waals surface area contributed by atoms with Gasteiger partial charge in [-0.05, 0) is 50.1 Å². The third-order valence-corrected chi connectivity index (χ3v) is 3.95. The van der Waals surface area contributed by atoms with Gasteiger partial charge in [0.1, 0.15) is 6.04 Å². The summed E-state index contributed by atoms with van der Waals surface area (Å²) in [4.78, 5) is 14.2. The lowest BCUT2D eigenvalue weighted by Gasteiger charge is -2.15. The van der Waals surface area contributed by atoms with Crippen molar-refractivity contribution in [1.29, 1.82) is 0 Å². The number of hydrogen-bond acceptors (Lipinski definition) is 4. The van der Waals surface area contributed by atoms with Crippen LogP contribution in [-0.4, -0.2) is 32.3 Å². The minimum Gasteiger partial charge on any atom is -0.378 e. The highest BCUT2D eigenvalue weighted by atomic mass is 16.2. The molecule has 5 nitrogen and oxygen atoms in total. The molecule has 1 amide bonds. The Kier molecular flexibility index (Phi) is 6.17. The predicted molar refractivity (Wildman–Crippen MR) is 106 cm³/mol. The van der Waals surface area contributed by atoms with E-state index < -0.39 is 0 Å². The number of anilines is 2. The topological polar surface area (TPSA) is 56.7 Å². The van der Waals surface area contributed by atoms with Gasteiger partial charge in [0.25, 0.3) is 5.91 Å². The van der Waals surface area contributed by atoms with Crippen LogP contribution in [0.5, 0.6) is 0 Å². The van der Waals surface area contributed by atoms with E-state index in [9.17, 15) is 4.79 Å². The molecule has 0 fully saturated rings. The molecule has 0 aliphatic heterocycles. The van der Waals surface area contributed by atoms with E-state index >= 15 is 0 Å². The zero-order valence-electron chi connectivity index (χ0n) is 15.5. The van der Waals surface area contributed by atoms with Crippen molar-refractivity contribution in [1.82, 2.24) is 5.43 Å². The van der Waals surface area contributed by atoms with E-state index in [0.717, 1.165) is 22.5 Å². The SMILES string of the molecule is Cc1ccc(N[C@@H](C)C(=O)NN=Cc2ccc(N(C)C)cc2)c(C)c1. The van der Waals surface area contributed by atoms with Crippen molar-refractivity contribution in [3.8, 4) is 0 Å². The summed E-state index contributed by atoms with van der Waals surface area (Å²) in [5.41, 5.74) is 7.90. The van der Waals surface area contributed by atoms with E-state index in [1.54, 1.807) is 6.21 Å². The van der Waals surface area contributed by atoms with E-state index in [2.05, 4.69) is 21.9 Å². The number of aryl methyl sites for hydroxylation is 2. The summed E-state index contributed by atoms with van der Waals surface area (Å²) in [7, 11) is 3.99. The monoisotopic (exact) mass is 338 g/mol. The molecule has 0 saturated heterocycles. The molecule has 5 heteroatoms. The molecular weight excluding hydrogens is 312 g/mol. The Morgan fingerprint density at radius 2 is 1.80 bits per heavy atom. The number of rotatable bonds is 6. The molecule has 2 aromatic rings.